The van der Waals surface area contributed by atoms with Gasteiger partial charge in [0.15, 0.2) is 0 Å². The van der Waals surface area contributed by atoms with E-state index in [2.05, 4.69) is 0 Å². The van der Waals surface area contributed by atoms with Crippen molar-refractivity contribution in [1.29, 1.82) is 0 Å². The summed E-state index contributed by atoms with van der Waals surface area (Å²) in [6.45, 7) is 0. The van der Waals surface area contributed by atoms with Gasteiger partial charge < -0.3 is 0 Å². The minimum absolute atomic E-state index is 1.25. The maximum absolute atomic E-state index is 1.90. The van der Waals surface area contributed by atoms with E-state index in [9.17, 15) is 0 Å². The average Bonchev–Trinajstić information content (AvgIpc) is 2.15. The molecule has 2 heterocycles. The zero-order valence-electron chi connectivity index (χ0n) is 4.41. The summed E-state index contributed by atoms with van der Waals surface area (Å²) in [6, 6.07) is 0. The molecule has 8 heavy (non-hydrogen) atoms. The van der Waals surface area contributed by atoms with Gasteiger partial charge in [0.2, 0.25) is 0 Å². The first-order chi connectivity index (χ1) is 3.97. The summed E-state index contributed by atoms with van der Waals surface area (Å²) in [5, 5.41) is 0. The number of hydrogen-bond acceptors (Lipinski definition) is 0. The second-order valence-electron chi connectivity index (χ2n) is 1.81. The monoisotopic (exact) mass is 164 g/mol. The molecule has 0 aliphatic carbocycles. The van der Waals surface area contributed by atoms with E-state index in [1.807, 2.05) is 9.64 Å². The third-order valence-corrected chi connectivity index (χ3v) is 9.67. The molecule has 0 saturated heterocycles. The van der Waals surface area contributed by atoms with Crippen LogP contribution in [0.1, 0.15) is 0 Å². The van der Waals surface area contributed by atoms with Crippen LogP contribution in [0.25, 0.3) is 0 Å². The lowest BCUT2D eigenvalue weighted by Crippen LogP contribution is -1.99. The molecule has 0 spiro atoms. The minimum Gasteiger partial charge on any atom is -0.107 e. The SMILES string of the molecule is C1[Si]C2=C([Si]1)[Si]C[Si]2. The van der Waals surface area contributed by atoms with Crippen LogP contribution in [-0.4, -0.2) is 38.1 Å². The molecule has 2 aliphatic rings. The van der Waals surface area contributed by atoms with Crippen molar-refractivity contribution in [2.75, 3.05) is 0 Å². The van der Waals surface area contributed by atoms with E-state index in [4.69, 9.17) is 0 Å². The van der Waals surface area contributed by atoms with E-state index in [-0.39, 0.29) is 0 Å². The molecule has 8 radical (unpaired) electrons. The summed E-state index contributed by atoms with van der Waals surface area (Å²) in [4.78, 5) is 3.81. The number of rotatable bonds is 0. The maximum Gasteiger partial charge on any atom is 0.0645 e. The Labute approximate surface area is 59.4 Å². The highest BCUT2D eigenvalue weighted by molar-refractivity contribution is 6.96. The molecule has 0 fully saturated rings. The smallest absolute Gasteiger partial charge is 0.0645 e. The van der Waals surface area contributed by atoms with Crippen molar-refractivity contribution in [3.8, 4) is 0 Å². The molecule has 0 aromatic heterocycles. The molecule has 2 rings (SSSR count). The Morgan fingerprint density at radius 2 is 1.12 bits per heavy atom. The molecular weight excluding hydrogens is 160 g/mol. The average molecular weight is 164 g/mol. The van der Waals surface area contributed by atoms with Gasteiger partial charge in [-0.05, 0) is 0 Å². The van der Waals surface area contributed by atoms with Crippen LogP contribution >= 0.6 is 0 Å². The second kappa shape index (κ2) is 2.09. The lowest BCUT2D eigenvalue weighted by molar-refractivity contribution is 1.99. The molecule has 0 amide bonds. The molecular formula is C4H4Si4. The largest absolute Gasteiger partial charge is 0.107 e. The zero-order chi connectivity index (χ0) is 5.40. The normalized spacial score (nSPS) is 27.0. The third-order valence-electron chi connectivity index (χ3n) is 1.31. The summed E-state index contributed by atoms with van der Waals surface area (Å²) in [7, 11) is 5.02. The van der Waals surface area contributed by atoms with Gasteiger partial charge in [-0.15, -0.1) is 9.64 Å². The molecule has 0 bridgehead atoms. The van der Waals surface area contributed by atoms with Crippen molar-refractivity contribution in [2.45, 2.75) is 11.3 Å². The van der Waals surface area contributed by atoms with Gasteiger partial charge in [-0.1, -0.05) is 11.3 Å². The highest BCUT2D eigenvalue weighted by Crippen LogP contribution is 2.17. The van der Waals surface area contributed by atoms with Crippen LogP contribution < -0.4 is 0 Å². The highest BCUT2D eigenvalue weighted by atomic mass is 28.3. The van der Waals surface area contributed by atoms with Crippen LogP contribution in [0.15, 0.2) is 9.64 Å². The fourth-order valence-corrected chi connectivity index (χ4v) is 11.5. The van der Waals surface area contributed by atoms with Crippen molar-refractivity contribution >= 4 is 38.1 Å². The van der Waals surface area contributed by atoms with Crippen molar-refractivity contribution in [1.82, 2.24) is 0 Å². The van der Waals surface area contributed by atoms with Crippen LogP contribution in [0.4, 0.5) is 0 Å². The predicted molar refractivity (Wildman–Crippen MR) is 39.7 cm³/mol. The third kappa shape index (κ3) is 0.753. The Bertz CT molecular complexity index is 111. The van der Waals surface area contributed by atoms with Gasteiger partial charge in [0.25, 0.3) is 0 Å². The Hall–Kier alpha value is 0.608. The van der Waals surface area contributed by atoms with Gasteiger partial charge >= 0.3 is 0 Å². The minimum atomic E-state index is 1.25. The van der Waals surface area contributed by atoms with Crippen molar-refractivity contribution in [3.63, 3.8) is 0 Å². The summed E-state index contributed by atoms with van der Waals surface area (Å²) in [5.41, 5.74) is 3.06. The zero-order valence-corrected chi connectivity index (χ0v) is 8.41. The van der Waals surface area contributed by atoms with E-state index >= 15 is 0 Å². The van der Waals surface area contributed by atoms with Crippen LogP contribution in [0, 0.1) is 0 Å². The van der Waals surface area contributed by atoms with Crippen LogP contribution in [0.3, 0.4) is 0 Å². The maximum atomic E-state index is 1.90. The Morgan fingerprint density at radius 3 is 1.50 bits per heavy atom. The van der Waals surface area contributed by atoms with Crippen molar-refractivity contribution in [2.24, 2.45) is 0 Å². The van der Waals surface area contributed by atoms with Gasteiger partial charge in [-0.25, -0.2) is 0 Å². The molecule has 2 aliphatic heterocycles. The van der Waals surface area contributed by atoms with Gasteiger partial charge in [0, 0.05) is 0 Å². The first-order valence-electron chi connectivity index (χ1n) is 2.66. The van der Waals surface area contributed by atoms with Crippen LogP contribution in [0.2, 0.25) is 11.3 Å². The Morgan fingerprint density at radius 1 is 0.750 bits per heavy atom. The molecule has 0 atom stereocenters. The van der Waals surface area contributed by atoms with Crippen LogP contribution in [-0.2, 0) is 0 Å². The van der Waals surface area contributed by atoms with E-state index < -0.39 is 0 Å². The molecule has 0 unspecified atom stereocenters. The lowest BCUT2D eigenvalue weighted by atomic mass is 11.2. The van der Waals surface area contributed by atoms with E-state index in [1.165, 1.54) is 49.4 Å². The fourth-order valence-electron chi connectivity index (χ4n) is 0.920. The Kier molecular flexibility index (Phi) is 1.41. The van der Waals surface area contributed by atoms with Crippen molar-refractivity contribution in [3.05, 3.63) is 9.64 Å². The summed E-state index contributed by atoms with van der Waals surface area (Å²) < 4.78 is 0. The summed E-state index contributed by atoms with van der Waals surface area (Å²) >= 11 is 0. The van der Waals surface area contributed by atoms with E-state index in [1.54, 1.807) is 0 Å². The molecule has 0 nitrogen and oxygen atoms in total. The van der Waals surface area contributed by atoms with Gasteiger partial charge in [-0.3, -0.25) is 0 Å². The second-order valence-corrected chi connectivity index (χ2v) is 9.05. The van der Waals surface area contributed by atoms with Gasteiger partial charge in [0.1, 0.15) is 0 Å². The molecule has 0 saturated carbocycles. The molecule has 0 aromatic rings. The molecule has 36 valence electrons. The summed E-state index contributed by atoms with van der Waals surface area (Å²) in [5.74, 6) is 0. The van der Waals surface area contributed by atoms with Crippen molar-refractivity contribution < 1.29 is 0 Å². The van der Waals surface area contributed by atoms with Crippen LogP contribution in [0.5, 0.6) is 0 Å². The first kappa shape index (κ1) is 5.40. The molecule has 0 aromatic carbocycles. The molecule has 4 heteroatoms. The van der Waals surface area contributed by atoms with Gasteiger partial charge in [-0.2, -0.15) is 0 Å². The number of hydrogen-bond donors (Lipinski definition) is 0. The van der Waals surface area contributed by atoms with E-state index in [0.717, 1.165) is 0 Å². The topological polar surface area (TPSA) is 0 Å². The summed E-state index contributed by atoms with van der Waals surface area (Å²) in [6.07, 6.45) is 0. The van der Waals surface area contributed by atoms with Gasteiger partial charge in [0.05, 0.1) is 38.1 Å². The standard InChI is InChI=1S/C4H4Si4/c1-5-3-4(6-1)8-2-7-3/h1-2H2. The predicted octanol–water partition coefficient (Wildman–Crippen LogP) is -0.291. The fraction of sp³-hybridized carbons (Fsp3) is 0.500. The van der Waals surface area contributed by atoms with E-state index in [0.29, 0.717) is 0 Å². The lowest BCUT2D eigenvalue weighted by Gasteiger charge is -1.86. The molecule has 0 N–H and O–H groups in total. The Balaban J connectivity index is 2.23. The quantitative estimate of drug-likeness (QED) is 0.432. The highest BCUT2D eigenvalue weighted by Gasteiger charge is 2.20. The first-order valence-corrected chi connectivity index (χ1v) is 7.49.